The summed E-state index contributed by atoms with van der Waals surface area (Å²) in [7, 11) is 2.02. The number of imide groups is 1. The first-order valence-electron chi connectivity index (χ1n) is 12.5. The van der Waals surface area contributed by atoms with Gasteiger partial charge in [0, 0.05) is 12.1 Å². The Bertz CT molecular complexity index is 1390. The first-order valence-corrected chi connectivity index (χ1v) is 12.5. The second-order valence-electron chi connectivity index (χ2n) is 10.2. The topological polar surface area (TPSA) is 77.3 Å². The Morgan fingerprint density at radius 1 is 0.865 bits per heavy atom. The monoisotopic (exact) mass is 492 g/mol. The molecule has 2 amide bonds. The van der Waals surface area contributed by atoms with Gasteiger partial charge in [-0.2, -0.15) is 0 Å². The summed E-state index contributed by atoms with van der Waals surface area (Å²) in [6, 6.07) is 23.0. The van der Waals surface area contributed by atoms with Gasteiger partial charge in [-0.25, -0.2) is 9.67 Å². The van der Waals surface area contributed by atoms with Crippen LogP contribution in [0.2, 0.25) is 0 Å². The van der Waals surface area contributed by atoms with Gasteiger partial charge in [0.15, 0.2) is 13.7 Å². The van der Waals surface area contributed by atoms with E-state index in [2.05, 4.69) is 22.2 Å². The first kappa shape index (κ1) is 24.5. The van der Waals surface area contributed by atoms with Crippen molar-refractivity contribution in [2.45, 2.75) is 38.6 Å². The number of rotatable bonds is 9. The highest BCUT2D eigenvalue weighted by Gasteiger charge is 2.34. The minimum absolute atomic E-state index is 0.189. The van der Waals surface area contributed by atoms with E-state index in [-0.39, 0.29) is 17.3 Å². The second-order valence-corrected chi connectivity index (χ2v) is 10.2. The third-order valence-corrected chi connectivity index (χ3v) is 6.20. The van der Waals surface area contributed by atoms with Crippen molar-refractivity contribution in [3.05, 3.63) is 95.8 Å². The standard InChI is InChI=1S/C29H29BN4O3/c1-29(2,30)37-23-16-14-22(15-17-23)34-19-31-26(32-34)21-12-10-20(11-13-21)7-5-6-18-33-27(35)24-8-3-4-9-25(24)28(33)36/h3-4,8-17,19H,5-7,18,30H2,1-2H3. The molecule has 0 radical (unpaired) electrons. The van der Waals surface area contributed by atoms with Crippen LogP contribution in [0.1, 0.15) is 53.0 Å². The van der Waals surface area contributed by atoms with Crippen molar-refractivity contribution in [3.8, 4) is 22.8 Å². The predicted octanol–water partition coefficient (Wildman–Crippen LogP) is 4.30. The van der Waals surface area contributed by atoms with E-state index in [1.54, 1.807) is 35.3 Å². The summed E-state index contributed by atoms with van der Waals surface area (Å²) in [5.41, 5.74) is 3.82. The molecule has 0 N–H and O–H groups in total. The fourth-order valence-electron chi connectivity index (χ4n) is 4.40. The molecular weight excluding hydrogens is 463 g/mol. The summed E-state index contributed by atoms with van der Waals surface area (Å²) >= 11 is 0. The van der Waals surface area contributed by atoms with Crippen molar-refractivity contribution in [2.24, 2.45) is 0 Å². The van der Waals surface area contributed by atoms with E-state index in [1.807, 2.05) is 58.1 Å². The highest BCUT2D eigenvalue weighted by Crippen LogP contribution is 2.24. The minimum atomic E-state index is -0.243. The number of aromatic nitrogens is 3. The average molecular weight is 492 g/mol. The number of amides is 2. The Balaban J connectivity index is 1.14. The molecule has 1 aliphatic rings. The number of benzene rings is 3. The summed E-state index contributed by atoms with van der Waals surface area (Å²) < 4.78 is 7.64. The molecule has 0 saturated heterocycles. The maximum atomic E-state index is 12.5. The number of ether oxygens (including phenoxy) is 1. The lowest BCUT2D eigenvalue weighted by Crippen LogP contribution is -2.30. The van der Waals surface area contributed by atoms with E-state index < -0.39 is 0 Å². The second kappa shape index (κ2) is 10.0. The zero-order valence-electron chi connectivity index (χ0n) is 21.3. The molecule has 3 aromatic carbocycles. The smallest absolute Gasteiger partial charge is 0.261 e. The van der Waals surface area contributed by atoms with E-state index >= 15 is 0 Å². The number of hydrogen-bond acceptors (Lipinski definition) is 5. The van der Waals surface area contributed by atoms with Gasteiger partial charge in [0.25, 0.3) is 11.8 Å². The van der Waals surface area contributed by atoms with Crippen molar-refractivity contribution < 1.29 is 14.3 Å². The number of carbonyl (C=O) groups is 2. The first-order chi connectivity index (χ1) is 17.8. The van der Waals surface area contributed by atoms with Crippen molar-refractivity contribution in [2.75, 3.05) is 6.54 Å². The normalized spacial score (nSPS) is 13.2. The fraction of sp³-hybridized carbons (Fsp3) is 0.241. The van der Waals surface area contributed by atoms with Crippen molar-refractivity contribution in [1.29, 1.82) is 0 Å². The van der Waals surface area contributed by atoms with Crippen LogP contribution >= 0.6 is 0 Å². The molecule has 186 valence electrons. The summed E-state index contributed by atoms with van der Waals surface area (Å²) in [4.78, 5) is 30.8. The SMILES string of the molecule is BC(C)(C)Oc1ccc(-n2cnc(-c3ccc(CCCCN4C(=O)c5ccccc5C4=O)cc3)n2)cc1. The summed E-state index contributed by atoms with van der Waals surface area (Å²) in [6.07, 6.45) is 4.23. The summed E-state index contributed by atoms with van der Waals surface area (Å²) in [6.45, 7) is 4.48. The van der Waals surface area contributed by atoms with Crippen molar-refractivity contribution in [3.63, 3.8) is 0 Å². The van der Waals surface area contributed by atoms with E-state index in [9.17, 15) is 9.59 Å². The van der Waals surface area contributed by atoms with Crippen LogP contribution in [0.15, 0.2) is 79.1 Å². The van der Waals surface area contributed by atoms with Gasteiger partial charge in [-0.1, -0.05) is 36.4 Å². The Labute approximate surface area is 217 Å². The molecular formula is C29H29BN4O3. The van der Waals surface area contributed by atoms with Crippen LogP contribution in [0.5, 0.6) is 5.75 Å². The van der Waals surface area contributed by atoms with Crippen molar-refractivity contribution in [1.82, 2.24) is 19.7 Å². The third kappa shape index (κ3) is 5.48. The number of nitrogens with zero attached hydrogens (tertiary/aromatic N) is 4. The molecule has 0 unspecified atom stereocenters. The Morgan fingerprint density at radius 2 is 1.51 bits per heavy atom. The maximum absolute atomic E-state index is 12.5. The van der Waals surface area contributed by atoms with Crippen LogP contribution in [0.4, 0.5) is 0 Å². The molecule has 0 aliphatic carbocycles. The van der Waals surface area contributed by atoms with Gasteiger partial charge in [0.2, 0.25) is 0 Å². The van der Waals surface area contributed by atoms with Gasteiger partial charge in [0.1, 0.15) is 12.1 Å². The van der Waals surface area contributed by atoms with E-state index in [1.165, 1.54) is 10.5 Å². The van der Waals surface area contributed by atoms with E-state index in [0.717, 1.165) is 36.3 Å². The van der Waals surface area contributed by atoms with E-state index in [0.29, 0.717) is 23.5 Å². The zero-order chi connectivity index (χ0) is 26.0. The van der Waals surface area contributed by atoms with E-state index in [4.69, 9.17) is 4.74 Å². The average Bonchev–Trinajstić information content (AvgIpc) is 3.46. The number of hydrogen-bond donors (Lipinski definition) is 0. The number of aryl methyl sites for hydroxylation is 1. The van der Waals surface area contributed by atoms with Gasteiger partial charge in [-0.15, -0.1) is 5.10 Å². The number of unbranched alkanes of at least 4 members (excludes halogenated alkanes) is 1. The van der Waals surface area contributed by atoms with Crippen LogP contribution < -0.4 is 4.74 Å². The molecule has 7 nitrogen and oxygen atoms in total. The number of carbonyl (C=O) groups excluding carboxylic acids is 2. The van der Waals surface area contributed by atoms with Crippen LogP contribution in [-0.4, -0.2) is 51.4 Å². The van der Waals surface area contributed by atoms with Crippen LogP contribution in [0, 0.1) is 0 Å². The molecule has 1 aliphatic heterocycles. The maximum Gasteiger partial charge on any atom is 0.261 e. The quantitative estimate of drug-likeness (QED) is 0.198. The lowest BCUT2D eigenvalue weighted by molar-refractivity contribution is 0.0651. The van der Waals surface area contributed by atoms with Crippen LogP contribution in [0.25, 0.3) is 17.1 Å². The molecule has 0 atom stereocenters. The molecule has 37 heavy (non-hydrogen) atoms. The molecule has 0 saturated carbocycles. The third-order valence-electron chi connectivity index (χ3n) is 6.20. The minimum Gasteiger partial charge on any atom is -0.497 e. The molecule has 0 bridgehead atoms. The highest BCUT2D eigenvalue weighted by atomic mass is 16.5. The molecule has 5 rings (SSSR count). The van der Waals surface area contributed by atoms with Gasteiger partial charge in [-0.3, -0.25) is 14.5 Å². The lowest BCUT2D eigenvalue weighted by Gasteiger charge is -2.21. The molecule has 1 aromatic heterocycles. The Morgan fingerprint density at radius 3 is 2.14 bits per heavy atom. The summed E-state index contributed by atoms with van der Waals surface area (Å²) in [5.74, 6) is 1.10. The lowest BCUT2D eigenvalue weighted by atomic mass is 9.86. The van der Waals surface area contributed by atoms with Crippen LogP contribution in [0.3, 0.4) is 0 Å². The zero-order valence-corrected chi connectivity index (χ0v) is 21.3. The van der Waals surface area contributed by atoms with Gasteiger partial charge in [0.05, 0.1) is 22.3 Å². The van der Waals surface area contributed by atoms with Gasteiger partial charge >= 0.3 is 0 Å². The fourth-order valence-corrected chi connectivity index (χ4v) is 4.40. The Kier molecular flexibility index (Phi) is 6.65. The molecule has 4 aromatic rings. The summed E-state index contributed by atoms with van der Waals surface area (Å²) in [5, 5.41) is 4.63. The number of fused-ring (bicyclic) bond motifs is 1. The predicted molar refractivity (Wildman–Crippen MR) is 145 cm³/mol. The Hall–Kier alpha value is -4.20. The molecule has 0 fully saturated rings. The largest absolute Gasteiger partial charge is 0.497 e. The van der Waals surface area contributed by atoms with Crippen molar-refractivity contribution >= 4 is 19.7 Å². The van der Waals surface area contributed by atoms with Gasteiger partial charge < -0.3 is 4.74 Å². The van der Waals surface area contributed by atoms with Gasteiger partial charge in [-0.05, 0) is 75.1 Å². The van der Waals surface area contributed by atoms with Crippen LogP contribution in [-0.2, 0) is 6.42 Å². The highest BCUT2D eigenvalue weighted by molar-refractivity contribution is 6.21. The molecule has 8 heteroatoms. The molecule has 2 heterocycles. The molecule has 0 spiro atoms.